The summed E-state index contributed by atoms with van der Waals surface area (Å²) in [6.45, 7) is 0. The van der Waals surface area contributed by atoms with Crippen LogP contribution < -0.4 is 4.74 Å². The van der Waals surface area contributed by atoms with Crippen molar-refractivity contribution >= 4 is 21.7 Å². The minimum Gasteiger partial charge on any atom is -0.494 e. The summed E-state index contributed by atoms with van der Waals surface area (Å²) in [5.74, 6) is -1.13. The lowest BCUT2D eigenvalue weighted by molar-refractivity contribution is 0.0992. The zero-order valence-electron chi connectivity index (χ0n) is 10.6. The van der Waals surface area contributed by atoms with Crippen LogP contribution >= 0.6 is 15.9 Å². The van der Waals surface area contributed by atoms with Gasteiger partial charge in [0.1, 0.15) is 5.82 Å². The van der Waals surface area contributed by atoms with E-state index < -0.39 is 11.6 Å². The van der Waals surface area contributed by atoms with E-state index in [2.05, 4.69) is 15.9 Å². The van der Waals surface area contributed by atoms with E-state index in [9.17, 15) is 13.6 Å². The second-order valence-corrected chi connectivity index (χ2v) is 5.05. The molecule has 5 heteroatoms. The maximum absolute atomic E-state index is 13.5. The number of methoxy groups -OCH3 is 1. The summed E-state index contributed by atoms with van der Waals surface area (Å²) in [4.78, 5) is 12.0. The van der Waals surface area contributed by atoms with Gasteiger partial charge in [0.2, 0.25) is 0 Å². The largest absolute Gasteiger partial charge is 0.494 e. The van der Waals surface area contributed by atoms with Gasteiger partial charge in [0.25, 0.3) is 0 Å². The Kier molecular flexibility index (Phi) is 4.49. The molecule has 0 saturated carbocycles. The zero-order valence-corrected chi connectivity index (χ0v) is 12.2. The zero-order chi connectivity index (χ0) is 14.7. The highest BCUT2D eigenvalue weighted by atomic mass is 79.9. The predicted molar refractivity (Wildman–Crippen MR) is 75.1 cm³/mol. The quantitative estimate of drug-likeness (QED) is 0.781. The monoisotopic (exact) mass is 340 g/mol. The van der Waals surface area contributed by atoms with E-state index >= 15 is 0 Å². The summed E-state index contributed by atoms with van der Waals surface area (Å²) >= 11 is 3.06. The lowest BCUT2D eigenvalue weighted by atomic mass is 10.0. The van der Waals surface area contributed by atoms with Crippen LogP contribution in [0.5, 0.6) is 5.75 Å². The van der Waals surface area contributed by atoms with Crippen LogP contribution in [-0.4, -0.2) is 12.9 Å². The highest BCUT2D eigenvalue weighted by Gasteiger charge is 2.11. The SMILES string of the molecule is COc1ccc(C(=O)Cc2ccc(F)c(Br)c2)cc1F. The molecule has 0 aliphatic carbocycles. The number of ether oxygens (including phenoxy) is 1. The number of benzene rings is 2. The molecular weight excluding hydrogens is 330 g/mol. The summed E-state index contributed by atoms with van der Waals surface area (Å²) in [5.41, 5.74) is 0.906. The topological polar surface area (TPSA) is 26.3 Å². The third-order valence-corrected chi connectivity index (χ3v) is 3.43. The van der Waals surface area contributed by atoms with Crippen LogP contribution in [0.1, 0.15) is 15.9 Å². The summed E-state index contributed by atoms with van der Waals surface area (Å²) < 4.78 is 31.7. The Morgan fingerprint density at radius 2 is 1.90 bits per heavy atom. The lowest BCUT2D eigenvalue weighted by Gasteiger charge is -2.05. The number of hydrogen-bond acceptors (Lipinski definition) is 2. The van der Waals surface area contributed by atoms with Gasteiger partial charge in [-0.1, -0.05) is 6.07 Å². The predicted octanol–water partition coefficient (Wildman–Crippen LogP) is 4.16. The molecule has 0 fully saturated rings. The molecule has 0 amide bonds. The van der Waals surface area contributed by atoms with E-state index in [0.717, 1.165) is 6.07 Å². The molecule has 2 nitrogen and oxygen atoms in total. The minimum atomic E-state index is -0.585. The molecule has 0 aromatic heterocycles. The fourth-order valence-electron chi connectivity index (χ4n) is 1.78. The Bertz CT molecular complexity index is 656. The van der Waals surface area contributed by atoms with Gasteiger partial charge in [-0.3, -0.25) is 4.79 Å². The summed E-state index contributed by atoms with van der Waals surface area (Å²) in [5, 5.41) is 0. The molecule has 0 N–H and O–H groups in total. The molecule has 2 aromatic carbocycles. The number of ketones is 1. The van der Waals surface area contributed by atoms with Crippen molar-refractivity contribution in [2.24, 2.45) is 0 Å². The Balaban J connectivity index is 2.19. The van der Waals surface area contributed by atoms with Gasteiger partial charge in [-0.2, -0.15) is 0 Å². The summed E-state index contributed by atoms with van der Waals surface area (Å²) in [6.07, 6.45) is 0.0741. The first-order valence-corrected chi connectivity index (χ1v) is 6.61. The average Bonchev–Trinajstić information content (AvgIpc) is 2.42. The summed E-state index contributed by atoms with van der Waals surface area (Å²) in [7, 11) is 1.36. The van der Waals surface area contributed by atoms with E-state index in [0.29, 0.717) is 10.0 Å². The molecule has 0 bridgehead atoms. The van der Waals surface area contributed by atoms with Gasteiger partial charge < -0.3 is 4.74 Å². The fourth-order valence-corrected chi connectivity index (χ4v) is 2.20. The van der Waals surface area contributed by atoms with Gasteiger partial charge >= 0.3 is 0 Å². The van der Waals surface area contributed by atoms with Crippen molar-refractivity contribution in [2.75, 3.05) is 7.11 Å². The minimum absolute atomic E-state index is 0.0741. The third-order valence-electron chi connectivity index (χ3n) is 2.82. The summed E-state index contributed by atoms with van der Waals surface area (Å²) in [6, 6.07) is 8.39. The molecule has 0 radical (unpaired) electrons. The van der Waals surface area contributed by atoms with E-state index in [4.69, 9.17) is 4.74 Å². The highest BCUT2D eigenvalue weighted by molar-refractivity contribution is 9.10. The lowest BCUT2D eigenvalue weighted by Crippen LogP contribution is -2.04. The van der Waals surface area contributed by atoms with Crippen molar-refractivity contribution in [3.63, 3.8) is 0 Å². The first kappa shape index (κ1) is 14.7. The molecule has 20 heavy (non-hydrogen) atoms. The Morgan fingerprint density at radius 3 is 2.50 bits per heavy atom. The molecule has 2 aromatic rings. The van der Waals surface area contributed by atoms with E-state index in [1.54, 1.807) is 0 Å². The molecule has 0 spiro atoms. The number of rotatable bonds is 4. The molecule has 0 atom stereocenters. The van der Waals surface area contributed by atoms with Crippen molar-refractivity contribution in [3.8, 4) is 5.75 Å². The number of carbonyl (C=O) groups is 1. The molecule has 0 aliphatic heterocycles. The van der Waals surface area contributed by atoms with Crippen LogP contribution in [0.15, 0.2) is 40.9 Å². The van der Waals surface area contributed by atoms with Crippen molar-refractivity contribution in [1.29, 1.82) is 0 Å². The van der Waals surface area contributed by atoms with Crippen LogP contribution in [0.2, 0.25) is 0 Å². The van der Waals surface area contributed by atoms with Gasteiger partial charge in [0.15, 0.2) is 17.3 Å². The first-order valence-electron chi connectivity index (χ1n) is 5.82. The van der Waals surface area contributed by atoms with Crippen LogP contribution in [0.4, 0.5) is 8.78 Å². The number of carbonyl (C=O) groups excluding carboxylic acids is 1. The number of Topliss-reactive ketones (excluding diaryl/α,β-unsaturated/α-hetero) is 1. The third kappa shape index (κ3) is 3.22. The molecule has 0 saturated heterocycles. The van der Waals surface area contributed by atoms with Crippen molar-refractivity contribution in [2.45, 2.75) is 6.42 Å². The van der Waals surface area contributed by atoms with Gasteiger partial charge in [0.05, 0.1) is 11.6 Å². The Labute approximate surface area is 123 Å². The maximum atomic E-state index is 13.5. The normalized spacial score (nSPS) is 10.4. The first-order chi connectivity index (χ1) is 9.51. The molecule has 0 unspecified atom stereocenters. The number of halogens is 3. The van der Waals surface area contributed by atoms with E-state index in [-0.39, 0.29) is 23.5 Å². The van der Waals surface area contributed by atoms with Crippen LogP contribution in [0, 0.1) is 11.6 Å². The van der Waals surface area contributed by atoms with Crippen LogP contribution in [-0.2, 0) is 6.42 Å². The number of hydrogen-bond donors (Lipinski definition) is 0. The van der Waals surface area contributed by atoms with E-state index in [1.165, 1.54) is 37.4 Å². The van der Waals surface area contributed by atoms with E-state index in [1.807, 2.05) is 0 Å². The van der Waals surface area contributed by atoms with Crippen molar-refractivity contribution < 1.29 is 18.3 Å². The fraction of sp³-hybridized carbons (Fsp3) is 0.133. The van der Waals surface area contributed by atoms with Crippen molar-refractivity contribution in [3.05, 3.63) is 63.6 Å². The highest BCUT2D eigenvalue weighted by Crippen LogP contribution is 2.21. The van der Waals surface area contributed by atoms with Gasteiger partial charge in [0, 0.05) is 12.0 Å². The van der Waals surface area contributed by atoms with Gasteiger partial charge in [-0.15, -0.1) is 0 Å². The van der Waals surface area contributed by atoms with Gasteiger partial charge in [-0.05, 0) is 51.8 Å². The Morgan fingerprint density at radius 1 is 1.15 bits per heavy atom. The second-order valence-electron chi connectivity index (χ2n) is 4.20. The molecule has 0 aliphatic rings. The van der Waals surface area contributed by atoms with Crippen LogP contribution in [0.3, 0.4) is 0 Å². The van der Waals surface area contributed by atoms with Crippen LogP contribution in [0.25, 0.3) is 0 Å². The second kappa shape index (κ2) is 6.13. The molecule has 104 valence electrons. The van der Waals surface area contributed by atoms with Crippen molar-refractivity contribution in [1.82, 2.24) is 0 Å². The average molecular weight is 341 g/mol. The van der Waals surface area contributed by atoms with Gasteiger partial charge in [-0.25, -0.2) is 8.78 Å². The molecular formula is C15H11BrF2O2. The molecule has 0 heterocycles. The maximum Gasteiger partial charge on any atom is 0.167 e. The smallest absolute Gasteiger partial charge is 0.167 e. The molecule has 2 rings (SSSR count). The Hall–Kier alpha value is -1.75. The standard InChI is InChI=1S/C15H11BrF2O2/c1-20-15-5-3-10(8-13(15)18)14(19)7-9-2-4-12(17)11(16)6-9/h2-6,8H,7H2,1H3.